The number of rotatable bonds is 5. The van der Waals surface area contributed by atoms with Crippen molar-refractivity contribution in [2.45, 2.75) is 19.5 Å². The third-order valence-electron chi connectivity index (χ3n) is 3.31. The number of hydrogen-bond acceptors (Lipinski definition) is 1. The standard InChI is InChI=1S/C17H17Cl2N/c1-14(16-10-6-3-7-11-16)20(17(19)12-18)13-15-8-4-2-5-9-15/h2-12,14H,13H2,1H3/b17-12-/t14-/m0/s1. The van der Waals surface area contributed by atoms with Crippen LogP contribution in [-0.4, -0.2) is 4.90 Å². The summed E-state index contributed by atoms with van der Waals surface area (Å²) in [7, 11) is 0. The molecule has 0 fully saturated rings. The average Bonchev–Trinajstić information content (AvgIpc) is 2.53. The number of benzene rings is 2. The maximum absolute atomic E-state index is 6.28. The molecule has 2 rings (SSSR count). The maximum atomic E-state index is 6.28. The van der Waals surface area contributed by atoms with Gasteiger partial charge in [-0.15, -0.1) is 0 Å². The van der Waals surface area contributed by atoms with E-state index in [2.05, 4.69) is 36.1 Å². The molecule has 20 heavy (non-hydrogen) atoms. The van der Waals surface area contributed by atoms with Crippen molar-refractivity contribution in [3.63, 3.8) is 0 Å². The van der Waals surface area contributed by atoms with Crippen LogP contribution < -0.4 is 0 Å². The molecular formula is C17H17Cl2N. The van der Waals surface area contributed by atoms with Crippen LogP contribution in [0.5, 0.6) is 0 Å². The summed E-state index contributed by atoms with van der Waals surface area (Å²) in [6, 6.07) is 20.7. The second-order valence-corrected chi connectivity index (χ2v) is 5.24. The lowest BCUT2D eigenvalue weighted by atomic mass is 10.1. The topological polar surface area (TPSA) is 3.24 Å². The summed E-state index contributed by atoms with van der Waals surface area (Å²) < 4.78 is 0. The van der Waals surface area contributed by atoms with Crippen LogP contribution in [0.1, 0.15) is 24.1 Å². The highest BCUT2D eigenvalue weighted by Gasteiger charge is 2.17. The van der Waals surface area contributed by atoms with Crippen molar-refractivity contribution in [2.75, 3.05) is 0 Å². The molecule has 0 saturated carbocycles. The minimum atomic E-state index is 0.152. The Hall–Kier alpha value is -1.44. The summed E-state index contributed by atoms with van der Waals surface area (Å²) in [6.45, 7) is 2.85. The Morgan fingerprint density at radius 3 is 2.15 bits per heavy atom. The Kier molecular flexibility index (Phi) is 5.51. The SMILES string of the molecule is C[C@@H](c1ccccc1)N(Cc1ccccc1)/C(Cl)=C\Cl. The van der Waals surface area contributed by atoms with Crippen molar-refractivity contribution in [2.24, 2.45) is 0 Å². The van der Waals surface area contributed by atoms with Gasteiger partial charge in [0.2, 0.25) is 0 Å². The summed E-state index contributed by atoms with van der Waals surface area (Å²) in [5, 5.41) is 0.548. The zero-order valence-corrected chi connectivity index (χ0v) is 12.9. The first-order valence-electron chi connectivity index (χ1n) is 6.53. The van der Waals surface area contributed by atoms with Gasteiger partial charge in [0.15, 0.2) is 0 Å². The highest BCUT2D eigenvalue weighted by Crippen LogP contribution is 2.28. The normalized spacial score (nSPS) is 13.1. The predicted molar refractivity (Wildman–Crippen MR) is 86.6 cm³/mol. The Labute approximate surface area is 130 Å². The first kappa shape index (κ1) is 15.0. The summed E-state index contributed by atoms with van der Waals surface area (Å²) in [5.41, 5.74) is 3.83. The van der Waals surface area contributed by atoms with Gasteiger partial charge in [0.25, 0.3) is 0 Å². The van der Waals surface area contributed by atoms with Gasteiger partial charge in [-0.3, -0.25) is 0 Å². The molecule has 0 radical (unpaired) electrons. The predicted octanol–water partition coefficient (Wildman–Crippen LogP) is 5.53. The van der Waals surface area contributed by atoms with Gasteiger partial charge in [0, 0.05) is 12.1 Å². The third-order valence-corrected chi connectivity index (χ3v) is 3.95. The van der Waals surface area contributed by atoms with Crippen LogP contribution in [0.3, 0.4) is 0 Å². The molecule has 0 spiro atoms. The van der Waals surface area contributed by atoms with Crippen molar-refractivity contribution in [3.05, 3.63) is 82.5 Å². The zero-order valence-electron chi connectivity index (χ0n) is 11.3. The first-order chi connectivity index (χ1) is 9.72. The van der Waals surface area contributed by atoms with Crippen LogP contribution >= 0.6 is 23.2 Å². The van der Waals surface area contributed by atoms with Gasteiger partial charge in [-0.05, 0) is 18.1 Å². The lowest BCUT2D eigenvalue weighted by molar-refractivity contribution is 0.281. The van der Waals surface area contributed by atoms with Gasteiger partial charge in [0.05, 0.1) is 6.04 Å². The molecule has 0 amide bonds. The lowest BCUT2D eigenvalue weighted by Gasteiger charge is -2.30. The summed E-state index contributed by atoms with van der Waals surface area (Å²) in [6.07, 6.45) is 0. The minimum Gasteiger partial charge on any atom is -0.351 e. The average molecular weight is 306 g/mol. The monoisotopic (exact) mass is 305 g/mol. The van der Waals surface area contributed by atoms with E-state index in [1.165, 1.54) is 16.7 Å². The second kappa shape index (κ2) is 7.37. The van der Waals surface area contributed by atoms with E-state index >= 15 is 0 Å². The van der Waals surface area contributed by atoms with E-state index in [9.17, 15) is 0 Å². The molecule has 0 unspecified atom stereocenters. The van der Waals surface area contributed by atoms with Crippen molar-refractivity contribution in [1.82, 2.24) is 4.90 Å². The number of hydrogen-bond donors (Lipinski definition) is 0. The lowest BCUT2D eigenvalue weighted by Crippen LogP contribution is -2.23. The third kappa shape index (κ3) is 3.78. The molecule has 3 heteroatoms. The van der Waals surface area contributed by atoms with Crippen LogP contribution in [0, 0.1) is 0 Å². The summed E-state index contributed by atoms with van der Waals surface area (Å²) in [5.74, 6) is 0. The highest BCUT2D eigenvalue weighted by molar-refractivity contribution is 6.36. The molecule has 2 aromatic carbocycles. The van der Waals surface area contributed by atoms with Gasteiger partial charge in [0.1, 0.15) is 5.16 Å². The van der Waals surface area contributed by atoms with Crippen molar-refractivity contribution < 1.29 is 0 Å². The van der Waals surface area contributed by atoms with E-state index in [-0.39, 0.29) is 6.04 Å². The molecule has 0 saturated heterocycles. The van der Waals surface area contributed by atoms with E-state index in [0.29, 0.717) is 5.16 Å². The minimum absolute atomic E-state index is 0.152. The number of halogens is 2. The quantitative estimate of drug-likeness (QED) is 0.657. The molecule has 0 heterocycles. The molecule has 0 N–H and O–H groups in total. The molecule has 0 aliphatic rings. The fraction of sp³-hybridized carbons (Fsp3) is 0.176. The molecule has 0 bridgehead atoms. The fourth-order valence-corrected chi connectivity index (χ4v) is 2.48. The molecule has 0 aromatic heterocycles. The van der Waals surface area contributed by atoms with E-state index in [0.717, 1.165) is 6.54 Å². The number of nitrogens with zero attached hydrogens (tertiary/aromatic N) is 1. The van der Waals surface area contributed by atoms with Crippen molar-refractivity contribution >= 4 is 23.2 Å². The summed E-state index contributed by atoms with van der Waals surface area (Å²) >= 11 is 12.1. The Morgan fingerprint density at radius 1 is 1.05 bits per heavy atom. The molecule has 1 nitrogen and oxygen atoms in total. The van der Waals surface area contributed by atoms with Gasteiger partial charge < -0.3 is 4.90 Å². The van der Waals surface area contributed by atoms with Crippen LogP contribution in [0.4, 0.5) is 0 Å². The fourth-order valence-electron chi connectivity index (χ4n) is 2.15. The first-order valence-corrected chi connectivity index (χ1v) is 7.35. The Balaban J connectivity index is 2.24. The molecule has 104 valence electrons. The van der Waals surface area contributed by atoms with Crippen LogP contribution in [0.15, 0.2) is 71.4 Å². The molecular weight excluding hydrogens is 289 g/mol. The van der Waals surface area contributed by atoms with Gasteiger partial charge in [-0.25, -0.2) is 0 Å². The van der Waals surface area contributed by atoms with Gasteiger partial charge in [-0.2, -0.15) is 0 Å². The Morgan fingerprint density at radius 2 is 1.60 bits per heavy atom. The van der Waals surface area contributed by atoms with Crippen LogP contribution in [0.2, 0.25) is 0 Å². The molecule has 1 atom stereocenters. The highest BCUT2D eigenvalue weighted by atomic mass is 35.5. The van der Waals surface area contributed by atoms with Crippen molar-refractivity contribution in [3.8, 4) is 0 Å². The van der Waals surface area contributed by atoms with E-state index in [4.69, 9.17) is 23.2 Å². The largest absolute Gasteiger partial charge is 0.351 e. The van der Waals surface area contributed by atoms with E-state index < -0.39 is 0 Å². The summed E-state index contributed by atoms with van der Waals surface area (Å²) in [4.78, 5) is 2.08. The molecule has 0 aliphatic heterocycles. The second-order valence-electron chi connectivity index (χ2n) is 4.63. The smallest absolute Gasteiger partial charge is 0.117 e. The van der Waals surface area contributed by atoms with E-state index in [1.54, 1.807) is 0 Å². The Bertz CT molecular complexity index is 552. The van der Waals surface area contributed by atoms with E-state index in [1.807, 2.05) is 36.4 Å². The molecule has 2 aromatic rings. The van der Waals surface area contributed by atoms with Crippen molar-refractivity contribution in [1.29, 1.82) is 0 Å². The van der Waals surface area contributed by atoms with Crippen LogP contribution in [-0.2, 0) is 6.54 Å². The molecule has 0 aliphatic carbocycles. The van der Waals surface area contributed by atoms with Gasteiger partial charge in [-0.1, -0.05) is 83.9 Å². The van der Waals surface area contributed by atoms with Crippen LogP contribution in [0.25, 0.3) is 0 Å². The maximum Gasteiger partial charge on any atom is 0.117 e. The van der Waals surface area contributed by atoms with Gasteiger partial charge >= 0.3 is 0 Å². The zero-order chi connectivity index (χ0) is 14.4.